The van der Waals surface area contributed by atoms with Crippen LogP contribution in [0.25, 0.3) is 11.0 Å². The average molecular weight is 420 g/mol. The number of nitrogens with zero attached hydrogens (tertiary/aromatic N) is 3. The highest BCUT2D eigenvalue weighted by atomic mass is 35.5. The van der Waals surface area contributed by atoms with E-state index in [0.717, 1.165) is 5.75 Å². The minimum Gasteiger partial charge on any atom is -0.379 e. The number of rotatable bonds is 4. The number of benzene rings is 1. The van der Waals surface area contributed by atoms with Gasteiger partial charge in [0.25, 0.3) is 0 Å². The first-order valence-electron chi connectivity index (χ1n) is 8.54. The molecule has 1 atom stereocenters. The van der Waals surface area contributed by atoms with Crippen molar-refractivity contribution in [2.75, 3.05) is 5.75 Å². The summed E-state index contributed by atoms with van der Waals surface area (Å²) in [6.45, 7) is 1.87. The summed E-state index contributed by atoms with van der Waals surface area (Å²) >= 11 is 1.47. The molecule has 0 saturated carbocycles. The second-order valence-electron chi connectivity index (χ2n) is 6.71. The molecule has 1 aromatic carbocycles. The second-order valence-corrected chi connectivity index (χ2v) is 7.83. The lowest BCUT2D eigenvalue weighted by molar-refractivity contribution is 0.0984. The molecule has 146 valence electrons. The number of hydrogen-bond donors (Lipinski definition) is 2. The minimum absolute atomic E-state index is 0. The topological polar surface area (TPSA) is 97.0 Å². The number of thioether (sulfide) groups is 1. The summed E-state index contributed by atoms with van der Waals surface area (Å²) in [5, 5.41) is 0.459. The van der Waals surface area contributed by atoms with E-state index in [1.807, 2.05) is 6.92 Å². The number of imidazole rings is 1. The van der Waals surface area contributed by atoms with E-state index < -0.39 is 5.54 Å². The Hall–Kier alpha value is -2.45. The highest BCUT2D eigenvalue weighted by Crippen LogP contribution is 2.36. The molecule has 3 aromatic rings. The number of pyridine rings is 1. The van der Waals surface area contributed by atoms with Crippen LogP contribution in [-0.2, 0) is 12.0 Å². The van der Waals surface area contributed by atoms with Crippen LogP contribution < -0.4 is 5.73 Å². The van der Waals surface area contributed by atoms with Gasteiger partial charge in [0, 0.05) is 23.9 Å². The van der Waals surface area contributed by atoms with Gasteiger partial charge in [0.15, 0.2) is 11.0 Å². The maximum atomic E-state index is 14.5. The Morgan fingerprint density at radius 3 is 2.96 bits per heavy atom. The van der Waals surface area contributed by atoms with Gasteiger partial charge in [0.05, 0.1) is 22.8 Å². The van der Waals surface area contributed by atoms with E-state index in [0.29, 0.717) is 33.7 Å². The number of nitrogens with one attached hydrogen (secondary N) is 1. The Balaban J connectivity index is 0.00000225. The standard InChI is InChI=1S/C19H18FN5OS.ClH/c1-19(5-7-27-18(21)25-19)12-8-11(2-3-13(12)20)9-16(26)17-23-14-4-6-22-10-15(14)24-17;/h2-4,6,8,10H,5,7,9H2,1H3,(H2,21,25)(H,23,24);1H/t19-;/m0./s1. The molecule has 0 bridgehead atoms. The summed E-state index contributed by atoms with van der Waals surface area (Å²) < 4.78 is 14.5. The van der Waals surface area contributed by atoms with E-state index in [4.69, 9.17) is 5.73 Å². The van der Waals surface area contributed by atoms with Crippen molar-refractivity contribution in [3.8, 4) is 0 Å². The SMILES string of the molecule is C[C@@]1(c2cc(CC(=O)c3nc4ccncc4[nH]3)ccc2F)CCSC(N)=N1.Cl. The maximum absolute atomic E-state index is 14.5. The molecule has 0 saturated heterocycles. The number of nitrogens with two attached hydrogens (primary N) is 1. The fourth-order valence-electron chi connectivity index (χ4n) is 3.23. The molecule has 0 fully saturated rings. The summed E-state index contributed by atoms with van der Waals surface area (Å²) in [4.78, 5) is 28.4. The minimum atomic E-state index is -0.719. The summed E-state index contributed by atoms with van der Waals surface area (Å²) in [6, 6.07) is 6.46. The zero-order chi connectivity index (χ0) is 19.0. The van der Waals surface area contributed by atoms with E-state index in [-0.39, 0.29) is 36.3 Å². The van der Waals surface area contributed by atoms with Gasteiger partial charge in [-0.2, -0.15) is 0 Å². The van der Waals surface area contributed by atoms with Crippen LogP contribution in [0, 0.1) is 5.82 Å². The Morgan fingerprint density at radius 1 is 1.39 bits per heavy atom. The van der Waals surface area contributed by atoms with Crippen molar-refractivity contribution >= 4 is 46.2 Å². The average Bonchev–Trinajstić information content (AvgIpc) is 3.07. The van der Waals surface area contributed by atoms with Gasteiger partial charge in [-0.1, -0.05) is 17.8 Å². The van der Waals surface area contributed by atoms with Crippen molar-refractivity contribution in [2.45, 2.75) is 25.3 Å². The van der Waals surface area contributed by atoms with Crippen molar-refractivity contribution in [1.29, 1.82) is 0 Å². The second kappa shape index (κ2) is 7.89. The van der Waals surface area contributed by atoms with Gasteiger partial charge < -0.3 is 10.7 Å². The lowest BCUT2D eigenvalue weighted by Crippen LogP contribution is -2.29. The van der Waals surface area contributed by atoms with E-state index in [1.165, 1.54) is 17.8 Å². The number of aliphatic imine (C=N–C) groups is 1. The van der Waals surface area contributed by atoms with Gasteiger partial charge >= 0.3 is 0 Å². The van der Waals surface area contributed by atoms with Gasteiger partial charge in [0.2, 0.25) is 5.78 Å². The van der Waals surface area contributed by atoms with E-state index >= 15 is 0 Å². The van der Waals surface area contributed by atoms with Crippen LogP contribution in [0.1, 0.15) is 35.1 Å². The molecule has 1 aliphatic heterocycles. The summed E-state index contributed by atoms with van der Waals surface area (Å²) in [7, 11) is 0. The molecule has 4 rings (SSSR count). The largest absolute Gasteiger partial charge is 0.379 e. The van der Waals surface area contributed by atoms with E-state index in [9.17, 15) is 9.18 Å². The molecule has 0 radical (unpaired) electrons. The third kappa shape index (κ3) is 3.88. The van der Waals surface area contributed by atoms with Crippen LogP contribution in [0.2, 0.25) is 0 Å². The third-order valence-electron chi connectivity index (χ3n) is 4.72. The first-order valence-corrected chi connectivity index (χ1v) is 9.53. The van der Waals surface area contributed by atoms with Crippen molar-refractivity contribution in [2.24, 2.45) is 10.7 Å². The molecule has 3 heterocycles. The van der Waals surface area contributed by atoms with Gasteiger partial charge in [0.1, 0.15) is 5.82 Å². The Labute approximate surface area is 171 Å². The van der Waals surface area contributed by atoms with Gasteiger partial charge in [-0.3, -0.25) is 14.8 Å². The van der Waals surface area contributed by atoms with Crippen molar-refractivity contribution < 1.29 is 9.18 Å². The molecule has 1 aliphatic rings. The molecular formula is C19H19ClFN5OS. The molecule has 0 spiro atoms. The first kappa shape index (κ1) is 20.3. The third-order valence-corrected chi connectivity index (χ3v) is 5.51. The predicted molar refractivity (Wildman–Crippen MR) is 112 cm³/mol. The number of hydrogen-bond acceptors (Lipinski definition) is 6. The van der Waals surface area contributed by atoms with Crippen molar-refractivity contribution in [1.82, 2.24) is 15.0 Å². The van der Waals surface area contributed by atoms with Crippen LogP contribution in [0.3, 0.4) is 0 Å². The highest BCUT2D eigenvalue weighted by molar-refractivity contribution is 8.13. The van der Waals surface area contributed by atoms with E-state index in [2.05, 4.69) is 19.9 Å². The molecular weight excluding hydrogens is 401 g/mol. The predicted octanol–water partition coefficient (Wildman–Crippen LogP) is 3.61. The first-order chi connectivity index (χ1) is 12.9. The lowest BCUT2D eigenvalue weighted by atomic mass is 9.87. The molecule has 3 N–H and O–H groups in total. The zero-order valence-electron chi connectivity index (χ0n) is 15.1. The fourth-order valence-corrected chi connectivity index (χ4v) is 4.21. The zero-order valence-corrected chi connectivity index (χ0v) is 16.7. The monoisotopic (exact) mass is 419 g/mol. The molecule has 0 amide bonds. The normalized spacial score (nSPS) is 19.1. The number of amidine groups is 1. The quantitative estimate of drug-likeness (QED) is 0.629. The fraction of sp³-hybridized carbons (Fsp3) is 0.263. The van der Waals surface area contributed by atoms with Crippen LogP contribution in [0.15, 0.2) is 41.7 Å². The number of H-pyrrole nitrogens is 1. The van der Waals surface area contributed by atoms with Gasteiger partial charge in [-0.05, 0) is 37.1 Å². The Morgan fingerprint density at radius 2 is 2.21 bits per heavy atom. The Bertz CT molecular complexity index is 1040. The molecule has 6 nitrogen and oxygen atoms in total. The number of Topliss-reactive ketones (excluding diaryl/α,β-unsaturated/α-hetero) is 1. The van der Waals surface area contributed by atoms with Crippen LogP contribution in [0.4, 0.5) is 4.39 Å². The number of fused-ring (bicyclic) bond motifs is 1. The number of carbonyl (C=O) groups excluding carboxylic acids is 1. The summed E-state index contributed by atoms with van der Waals surface area (Å²) in [5.74, 6) is 0.538. The van der Waals surface area contributed by atoms with Crippen molar-refractivity contribution in [3.05, 3.63) is 59.4 Å². The maximum Gasteiger partial charge on any atom is 0.202 e. The van der Waals surface area contributed by atoms with Crippen LogP contribution >= 0.6 is 24.2 Å². The van der Waals surface area contributed by atoms with E-state index in [1.54, 1.807) is 30.6 Å². The van der Waals surface area contributed by atoms with Crippen LogP contribution in [0.5, 0.6) is 0 Å². The highest BCUT2D eigenvalue weighted by Gasteiger charge is 2.32. The molecule has 9 heteroatoms. The van der Waals surface area contributed by atoms with Gasteiger partial charge in [-0.25, -0.2) is 9.37 Å². The number of ketones is 1. The Kier molecular flexibility index (Phi) is 5.71. The van der Waals surface area contributed by atoms with Gasteiger partial charge in [-0.15, -0.1) is 12.4 Å². The molecule has 0 unspecified atom stereocenters. The van der Waals surface area contributed by atoms with Crippen molar-refractivity contribution in [3.63, 3.8) is 0 Å². The number of carbonyl (C=O) groups is 1. The number of aromatic nitrogens is 3. The molecule has 28 heavy (non-hydrogen) atoms. The summed E-state index contributed by atoms with van der Waals surface area (Å²) in [5.41, 5.74) is 7.70. The smallest absolute Gasteiger partial charge is 0.202 e. The summed E-state index contributed by atoms with van der Waals surface area (Å²) in [6.07, 6.45) is 4.05. The number of aromatic amines is 1. The lowest BCUT2D eigenvalue weighted by Gasteiger charge is -2.30. The molecule has 0 aliphatic carbocycles. The van der Waals surface area contributed by atoms with Crippen LogP contribution in [-0.4, -0.2) is 31.7 Å². The molecule has 2 aromatic heterocycles. The number of halogens is 2.